The van der Waals surface area contributed by atoms with Crippen LogP contribution in [0.1, 0.15) is 29.8 Å². The maximum Gasteiger partial charge on any atom is 0.179 e. The van der Waals surface area contributed by atoms with Gasteiger partial charge in [-0.15, -0.1) is 0 Å². The van der Waals surface area contributed by atoms with Crippen LogP contribution in [-0.2, 0) is 0 Å². The molecule has 5 aromatic rings. The second-order valence-electron chi connectivity index (χ2n) is 10.8. The summed E-state index contributed by atoms with van der Waals surface area (Å²) in [5.74, 6) is 3.03. The number of rotatable bonds is 6. The summed E-state index contributed by atoms with van der Waals surface area (Å²) in [4.78, 5) is 14.8. The number of para-hydroxylation sites is 3. The number of hydrogen-bond acceptors (Lipinski definition) is 7. The standard InChI is InChI=1S/C35H33N7O/c1-5-43-28-21-17-25(18-22-28)36-33-35-38-34-31(23(2)39-42(34)27-11-7-6-8-12-27)32(24-15-19-26(20-16-24)40(3)4)41(35)30-14-10-9-13-29(30)37-33/h6-22,32H,5H2,1-4H3,(H,36,37)/t32-/m1/s1. The number of ether oxygens (including phenoxy) is 1. The molecule has 1 aromatic heterocycles. The van der Waals surface area contributed by atoms with Crippen molar-refractivity contribution >= 4 is 40.2 Å². The van der Waals surface area contributed by atoms with E-state index in [1.54, 1.807) is 0 Å². The Hall–Kier alpha value is -5.37. The van der Waals surface area contributed by atoms with Crippen LogP contribution in [0.15, 0.2) is 113 Å². The van der Waals surface area contributed by atoms with Gasteiger partial charge in [0.25, 0.3) is 0 Å². The van der Waals surface area contributed by atoms with Gasteiger partial charge in [0.05, 0.1) is 35.4 Å². The third kappa shape index (κ3) is 4.70. The molecule has 8 heteroatoms. The van der Waals surface area contributed by atoms with Crippen LogP contribution in [0.3, 0.4) is 0 Å². The van der Waals surface area contributed by atoms with Crippen LogP contribution in [-0.4, -0.2) is 42.2 Å². The fourth-order valence-corrected chi connectivity index (χ4v) is 5.75. The lowest BCUT2D eigenvalue weighted by atomic mass is 9.93. The molecular formula is C35H33N7O. The van der Waals surface area contributed by atoms with Gasteiger partial charge in [0.2, 0.25) is 0 Å². The molecule has 1 N–H and O–H groups in total. The average Bonchev–Trinajstić information content (AvgIpc) is 3.37. The van der Waals surface area contributed by atoms with Crippen molar-refractivity contribution in [3.63, 3.8) is 0 Å². The summed E-state index contributed by atoms with van der Waals surface area (Å²) in [6.45, 7) is 4.68. The highest BCUT2D eigenvalue weighted by Gasteiger charge is 2.41. The molecule has 2 aliphatic heterocycles. The Morgan fingerprint density at radius 2 is 1.56 bits per heavy atom. The summed E-state index contributed by atoms with van der Waals surface area (Å²) >= 11 is 0. The van der Waals surface area contributed by atoms with Crippen LogP contribution in [0.4, 0.5) is 28.6 Å². The van der Waals surface area contributed by atoms with Crippen molar-refractivity contribution < 1.29 is 4.74 Å². The van der Waals surface area contributed by atoms with Crippen molar-refractivity contribution in [3.8, 4) is 11.4 Å². The Labute approximate surface area is 251 Å². The number of hydrogen-bond donors (Lipinski definition) is 1. The average molecular weight is 568 g/mol. The Balaban J connectivity index is 1.44. The summed E-state index contributed by atoms with van der Waals surface area (Å²) in [6, 6.07) is 34.9. The van der Waals surface area contributed by atoms with Crippen LogP contribution in [0.2, 0.25) is 0 Å². The maximum atomic E-state index is 5.66. The van der Waals surface area contributed by atoms with E-state index < -0.39 is 0 Å². The Kier molecular flexibility index (Phi) is 6.66. The summed E-state index contributed by atoms with van der Waals surface area (Å²) in [5, 5.41) is 8.60. The molecule has 4 aromatic carbocycles. The van der Waals surface area contributed by atoms with Crippen LogP contribution in [0.5, 0.6) is 5.75 Å². The normalized spacial score (nSPS) is 15.1. The molecule has 1 atom stereocenters. The summed E-state index contributed by atoms with van der Waals surface area (Å²) in [5.41, 5.74) is 8.02. The van der Waals surface area contributed by atoms with Crippen molar-refractivity contribution in [2.75, 3.05) is 35.8 Å². The van der Waals surface area contributed by atoms with E-state index in [0.717, 1.165) is 62.7 Å². The van der Waals surface area contributed by atoms with E-state index >= 15 is 0 Å². The van der Waals surface area contributed by atoms with Crippen molar-refractivity contribution in [1.29, 1.82) is 0 Å². The lowest BCUT2D eigenvalue weighted by Gasteiger charge is -2.40. The van der Waals surface area contributed by atoms with Gasteiger partial charge in [0.1, 0.15) is 5.75 Å². The van der Waals surface area contributed by atoms with Gasteiger partial charge in [-0.1, -0.05) is 42.5 Å². The van der Waals surface area contributed by atoms with E-state index in [0.29, 0.717) is 12.4 Å². The fraction of sp³-hybridized carbons (Fsp3) is 0.171. The second kappa shape index (κ2) is 10.8. The number of nitrogens with zero attached hydrogens (tertiary/aromatic N) is 6. The van der Waals surface area contributed by atoms with Gasteiger partial charge >= 0.3 is 0 Å². The number of anilines is 3. The summed E-state index contributed by atoms with van der Waals surface area (Å²) < 4.78 is 7.61. The summed E-state index contributed by atoms with van der Waals surface area (Å²) in [7, 11) is 4.12. The van der Waals surface area contributed by atoms with E-state index in [4.69, 9.17) is 19.8 Å². The number of aryl methyl sites for hydroxylation is 1. The van der Waals surface area contributed by atoms with Crippen molar-refractivity contribution in [2.24, 2.45) is 9.98 Å². The van der Waals surface area contributed by atoms with Gasteiger partial charge in [0, 0.05) is 31.0 Å². The lowest BCUT2D eigenvalue weighted by molar-refractivity contribution is 0.340. The first-order valence-corrected chi connectivity index (χ1v) is 14.5. The number of amidine groups is 2. The molecule has 214 valence electrons. The molecule has 0 saturated carbocycles. The van der Waals surface area contributed by atoms with E-state index in [1.165, 1.54) is 0 Å². The minimum Gasteiger partial charge on any atom is -0.494 e. The predicted molar refractivity (Wildman–Crippen MR) is 175 cm³/mol. The number of nitrogens with one attached hydrogen (secondary N) is 1. The van der Waals surface area contributed by atoms with Crippen molar-refractivity contribution in [2.45, 2.75) is 19.9 Å². The molecule has 0 saturated heterocycles. The van der Waals surface area contributed by atoms with Crippen LogP contribution >= 0.6 is 0 Å². The fourth-order valence-electron chi connectivity index (χ4n) is 5.75. The third-order valence-corrected chi connectivity index (χ3v) is 7.79. The topological polar surface area (TPSA) is 70.3 Å². The molecule has 0 bridgehead atoms. The third-order valence-electron chi connectivity index (χ3n) is 7.79. The van der Waals surface area contributed by atoms with Crippen LogP contribution in [0, 0.1) is 6.92 Å². The maximum absolute atomic E-state index is 5.66. The molecule has 7 rings (SSSR count). The Morgan fingerprint density at radius 3 is 2.28 bits per heavy atom. The number of benzene rings is 4. The molecule has 2 aliphatic rings. The molecule has 0 spiro atoms. The molecule has 8 nitrogen and oxygen atoms in total. The number of fused-ring (bicyclic) bond motifs is 4. The van der Waals surface area contributed by atoms with Gasteiger partial charge in [0.15, 0.2) is 17.5 Å². The minimum atomic E-state index is -0.176. The first-order valence-electron chi connectivity index (χ1n) is 14.5. The quantitative estimate of drug-likeness (QED) is 0.231. The Morgan fingerprint density at radius 1 is 0.837 bits per heavy atom. The molecule has 0 unspecified atom stereocenters. The SMILES string of the molecule is CCOc1ccc(NC2=Nc3ccccc3N3C2=Nc2c(c(C)nn2-c2ccccc2)[C@H]3c2ccc(N(C)C)cc2)cc1. The predicted octanol–water partition coefficient (Wildman–Crippen LogP) is 7.44. The Bertz CT molecular complexity index is 1840. The van der Waals surface area contributed by atoms with Crippen molar-refractivity contribution in [1.82, 2.24) is 9.78 Å². The zero-order chi connectivity index (χ0) is 29.5. The monoisotopic (exact) mass is 567 g/mol. The summed E-state index contributed by atoms with van der Waals surface area (Å²) in [6.07, 6.45) is 0. The second-order valence-corrected chi connectivity index (χ2v) is 10.8. The zero-order valence-electron chi connectivity index (χ0n) is 24.7. The van der Waals surface area contributed by atoms with Crippen LogP contribution < -0.4 is 19.9 Å². The van der Waals surface area contributed by atoms with E-state index in [-0.39, 0.29) is 6.04 Å². The lowest BCUT2D eigenvalue weighted by Crippen LogP contribution is -2.46. The molecule has 0 fully saturated rings. The molecule has 0 amide bonds. The highest BCUT2D eigenvalue weighted by molar-refractivity contribution is 6.51. The van der Waals surface area contributed by atoms with Crippen molar-refractivity contribution in [3.05, 3.63) is 120 Å². The molecule has 0 radical (unpaired) electrons. The number of aromatic nitrogens is 2. The minimum absolute atomic E-state index is 0.176. The van der Waals surface area contributed by atoms with Crippen LogP contribution in [0.25, 0.3) is 5.69 Å². The number of aliphatic imine (C=N–C) groups is 2. The molecule has 0 aliphatic carbocycles. The smallest absolute Gasteiger partial charge is 0.179 e. The highest BCUT2D eigenvalue weighted by Crippen LogP contribution is 2.48. The van der Waals surface area contributed by atoms with Gasteiger partial charge in [-0.2, -0.15) is 5.10 Å². The van der Waals surface area contributed by atoms with Gasteiger partial charge in [-0.3, -0.25) is 0 Å². The van der Waals surface area contributed by atoms with E-state index in [2.05, 4.69) is 84.7 Å². The largest absolute Gasteiger partial charge is 0.494 e. The molecule has 43 heavy (non-hydrogen) atoms. The molecule has 3 heterocycles. The van der Waals surface area contributed by atoms with E-state index in [1.807, 2.05) is 66.2 Å². The van der Waals surface area contributed by atoms with E-state index in [9.17, 15) is 0 Å². The first kappa shape index (κ1) is 26.5. The zero-order valence-corrected chi connectivity index (χ0v) is 24.7. The highest BCUT2D eigenvalue weighted by atomic mass is 16.5. The first-order chi connectivity index (χ1) is 21.0. The van der Waals surface area contributed by atoms with Gasteiger partial charge in [-0.05, 0) is 80.1 Å². The molecular weight excluding hydrogens is 534 g/mol. The van der Waals surface area contributed by atoms with Gasteiger partial charge in [-0.25, -0.2) is 14.7 Å². The van der Waals surface area contributed by atoms with Gasteiger partial charge < -0.3 is 19.9 Å².